The van der Waals surface area contributed by atoms with Crippen molar-refractivity contribution in [3.8, 4) is 0 Å². The first-order chi connectivity index (χ1) is 11.6. The molecule has 0 fully saturated rings. The van der Waals surface area contributed by atoms with E-state index in [-0.39, 0.29) is 12.8 Å². The number of carbonyl (C=O) groups is 2. The van der Waals surface area contributed by atoms with Gasteiger partial charge in [0.15, 0.2) is 0 Å². The van der Waals surface area contributed by atoms with Gasteiger partial charge in [0, 0.05) is 0 Å². The molecular weight excluding hydrogens is 304 g/mol. The third-order valence-corrected chi connectivity index (χ3v) is 4.58. The van der Waals surface area contributed by atoms with Gasteiger partial charge in [-0.15, -0.1) is 0 Å². The number of carboxylic acids is 2. The predicted octanol–water partition coefficient (Wildman–Crippen LogP) is 3.79. The van der Waals surface area contributed by atoms with E-state index in [0.29, 0.717) is 0 Å². The summed E-state index contributed by atoms with van der Waals surface area (Å²) < 4.78 is 0. The summed E-state index contributed by atoms with van der Waals surface area (Å²) in [5.74, 6) is -3.93. The summed E-state index contributed by atoms with van der Waals surface area (Å²) in [5.41, 5.74) is 3.75. The summed E-state index contributed by atoms with van der Waals surface area (Å²) in [6.07, 6.45) is 0.446. The van der Waals surface area contributed by atoms with Crippen LogP contribution in [0.4, 0.5) is 0 Å². The molecule has 0 aromatic heterocycles. The molecule has 4 nitrogen and oxygen atoms in total. The quantitative estimate of drug-likeness (QED) is 0.898. The van der Waals surface area contributed by atoms with Crippen LogP contribution < -0.4 is 0 Å². The van der Waals surface area contributed by atoms with Crippen molar-refractivity contribution in [1.82, 2.24) is 0 Å². The van der Waals surface area contributed by atoms with Crippen molar-refractivity contribution in [3.05, 3.63) is 71.8 Å². The van der Waals surface area contributed by atoms with Crippen molar-refractivity contribution < 1.29 is 19.8 Å². The maximum absolute atomic E-state index is 11.6. The lowest BCUT2D eigenvalue weighted by atomic mass is 9.72. The molecule has 0 aliphatic heterocycles. The highest BCUT2D eigenvalue weighted by molar-refractivity contribution is 5.96. The highest BCUT2D eigenvalue weighted by atomic mass is 16.4. The zero-order valence-electron chi connectivity index (χ0n) is 13.1. The first-order valence-electron chi connectivity index (χ1n) is 7.86. The highest BCUT2D eigenvalue weighted by Gasteiger charge is 2.39. The molecule has 122 valence electrons. The Labute approximate surface area is 140 Å². The Morgan fingerprint density at radius 2 is 1.00 bits per heavy atom. The van der Waals surface area contributed by atoms with Gasteiger partial charge in [-0.05, 0) is 35.1 Å². The van der Waals surface area contributed by atoms with Gasteiger partial charge in [-0.1, -0.05) is 60.7 Å². The lowest BCUT2D eigenvalue weighted by Crippen LogP contribution is -2.33. The minimum Gasteiger partial charge on any atom is -0.481 e. The van der Waals surface area contributed by atoms with Gasteiger partial charge in [0.05, 0.1) is 11.8 Å². The van der Waals surface area contributed by atoms with E-state index in [9.17, 15) is 19.8 Å². The monoisotopic (exact) mass is 322 g/mol. The largest absolute Gasteiger partial charge is 0.481 e. The van der Waals surface area contributed by atoms with Crippen LogP contribution in [0.3, 0.4) is 0 Å². The molecule has 2 aromatic carbocycles. The molecule has 0 heterocycles. The van der Waals surface area contributed by atoms with Gasteiger partial charge in [0.2, 0.25) is 0 Å². The number of hydrogen-bond donors (Lipinski definition) is 2. The fraction of sp³-hybridized carbons (Fsp3) is 0.200. The summed E-state index contributed by atoms with van der Waals surface area (Å²) in [6, 6.07) is 19.2. The first-order valence-corrected chi connectivity index (χ1v) is 7.86. The highest BCUT2D eigenvalue weighted by Crippen LogP contribution is 2.43. The molecule has 4 heteroatoms. The van der Waals surface area contributed by atoms with Gasteiger partial charge in [0.1, 0.15) is 0 Å². The van der Waals surface area contributed by atoms with Gasteiger partial charge in [-0.25, -0.2) is 0 Å². The number of aliphatic carboxylic acids is 2. The molecule has 1 aliphatic carbocycles. The van der Waals surface area contributed by atoms with Gasteiger partial charge >= 0.3 is 11.9 Å². The van der Waals surface area contributed by atoms with Crippen molar-refractivity contribution in [2.24, 2.45) is 11.8 Å². The van der Waals surface area contributed by atoms with E-state index >= 15 is 0 Å². The first kappa shape index (κ1) is 16.0. The average Bonchev–Trinajstić information content (AvgIpc) is 2.62. The standard InChI is InChI=1S/C20H18O4/c21-19(22)17-11-15(13-7-3-1-4-8-13)16(12-18(17)20(23)24)14-9-5-2-6-10-14/h1-10,17-18H,11-12H2,(H,21,22)(H,23,24). The Balaban J connectivity index is 2.16. The van der Waals surface area contributed by atoms with Crippen molar-refractivity contribution in [3.63, 3.8) is 0 Å². The molecule has 0 saturated heterocycles. The van der Waals surface area contributed by atoms with E-state index in [4.69, 9.17) is 0 Å². The second-order valence-electron chi connectivity index (χ2n) is 5.99. The van der Waals surface area contributed by atoms with E-state index in [1.807, 2.05) is 60.7 Å². The van der Waals surface area contributed by atoms with E-state index in [1.54, 1.807) is 0 Å². The van der Waals surface area contributed by atoms with Crippen LogP contribution in [0.25, 0.3) is 11.1 Å². The van der Waals surface area contributed by atoms with E-state index < -0.39 is 23.8 Å². The number of rotatable bonds is 4. The molecule has 0 radical (unpaired) electrons. The van der Waals surface area contributed by atoms with Crippen molar-refractivity contribution >= 4 is 23.1 Å². The third-order valence-electron chi connectivity index (χ3n) is 4.58. The molecular formula is C20H18O4. The van der Waals surface area contributed by atoms with Crippen LogP contribution in [-0.2, 0) is 9.59 Å². The third kappa shape index (κ3) is 3.08. The Morgan fingerprint density at radius 3 is 1.29 bits per heavy atom. The van der Waals surface area contributed by atoms with Crippen LogP contribution in [-0.4, -0.2) is 22.2 Å². The summed E-state index contributed by atoms with van der Waals surface area (Å²) in [6.45, 7) is 0. The molecule has 24 heavy (non-hydrogen) atoms. The van der Waals surface area contributed by atoms with Crippen LogP contribution in [0.2, 0.25) is 0 Å². The van der Waals surface area contributed by atoms with Crippen LogP contribution >= 0.6 is 0 Å². The summed E-state index contributed by atoms with van der Waals surface area (Å²) in [5, 5.41) is 19.0. The second-order valence-corrected chi connectivity index (χ2v) is 5.99. The van der Waals surface area contributed by atoms with Crippen LogP contribution in [0, 0.1) is 11.8 Å². The fourth-order valence-corrected chi connectivity index (χ4v) is 3.35. The van der Waals surface area contributed by atoms with Crippen LogP contribution in [0.1, 0.15) is 24.0 Å². The average molecular weight is 322 g/mol. The lowest BCUT2D eigenvalue weighted by molar-refractivity contribution is -0.153. The number of hydrogen-bond acceptors (Lipinski definition) is 2. The van der Waals surface area contributed by atoms with Gasteiger partial charge in [-0.3, -0.25) is 9.59 Å². The smallest absolute Gasteiger partial charge is 0.307 e. The summed E-state index contributed by atoms with van der Waals surface area (Å²) >= 11 is 0. The molecule has 2 N–H and O–H groups in total. The topological polar surface area (TPSA) is 74.6 Å². The van der Waals surface area contributed by atoms with Crippen molar-refractivity contribution in [1.29, 1.82) is 0 Å². The Morgan fingerprint density at radius 1 is 0.667 bits per heavy atom. The maximum Gasteiger partial charge on any atom is 0.307 e. The van der Waals surface area contributed by atoms with Crippen LogP contribution in [0.5, 0.6) is 0 Å². The predicted molar refractivity (Wildman–Crippen MR) is 91.2 cm³/mol. The van der Waals surface area contributed by atoms with E-state index in [0.717, 1.165) is 22.3 Å². The molecule has 0 spiro atoms. The molecule has 0 amide bonds. The normalized spacial score (nSPS) is 20.7. The number of allylic oxidation sites excluding steroid dienone is 2. The molecule has 0 bridgehead atoms. The lowest BCUT2D eigenvalue weighted by Gasteiger charge is -2.30. The molecule has 2 unspecified atom stereocenters. The van der Waals surface area contributed by atoms with E-state index in [1.165, 1.54) is 0 Å². The zero-order chi connectivity index (χ0) is 17.1. The Kier molecular flexibility index (Phi) is 4.47. The van der Waals surface area contributed by atoms with Crippen molar-refractivity contribution in [2.75, 3.05) is 0 Å². The maximum atomic E-state index is 11.6. The minimum absolute atomic E-state index is 0.223. The minimum atomic E-state index is -1.05. The number of benzene rings is 2. The number of carboxylic acid groups (broad SMARTS) is 2. The molecule has 1 aliphatic rings. The van der Waals surface area contributed by atoms with Gasteiger partial charge in [-0.2, -0.15) is 0 Å². The second kappa shape index (κ2) is 6.71. The van der Waals surface area contributed by atoms with Crippen LogP contribution in [0.15, 0.2) is 60.7 Å². The molecule has 3 rings (SSSR count). The van der Waals surface area contributed by atoms with Gasteiger partial charge < -0.3 is 10.2 Å². The molecule has 2 aromatic rings. The summed E-state index contributed by atoms with van der Waals surface area (Å²) in [7, 11) is 0. The van der Waals surface area contributed by atoms with E-state index in [2.05, 4.69) is 0 Å². The Hall–Kier alpha value is -2.88. The zero-order valence-corrected chi connectivity index (χ0v) is 13.1. The van der Waals surface area contributed by atoms with Gasteiger partial charge in [0.25, 0.3) is 0 Å². The fourth-order valence-electron chi connectivity index (χ4n) is 3.35. The molecule has 0 saturated carbocycles. The molecule has 2 atom stereocenters. The summed E-state index contributed by atoms with van der Waals surface area (Å²) in [4.78, 5) is 23.2. The Bertz CT molecular complexity index is 710. The SMILES string of the molecule is O=C(O)C1CC(c2ccccc2)=C(c2ccccc2)CC1C(=O)O. The van der Waals surface area contributed by atoms with Crippen molar-refractivity contribution in [2.45, 2.75) is 12.8 Å².